The molecule has 0 spiro atoms. The van der Waals surface area contributed by atoms with Crippen LogP contribution in [-0.4, -0.2) is 75.8 Å². The topological polar surface area (TPSA) is 106 Å². The fourth-order valence-electron chi connectivity index (χ4n) is 4.81. The smallest absolute Gasteiger partial charge is 0.249 e. The summed E-state index contributed by atoms with van der Waals surface area (Å²) in [6.45, 7) is 16.2. The van der Waals surface area contributed by atoms with E-state index < -0.39 is 11.5 Å². The number of carbonyl (C=O) groups is 3. The lowest BCUT2D eigenvalue weighted by Crippen LogP contribution is -2.47. The van der Waals surface area contributed by atoms with Crippen LogP contribution >= 0.6 is 21.6 Å². The molecule has 3 N–H and O–H groups in total. The van der Waals surface area contributed by atoms with Crippen molar-refractivity contribution in [3.8, 4) is 0 Å². The fourth-order valence-corrected chi connectivity index (χ4v) is 6.63. The summed E-state index contributed by atoms with van der Waals surface area (Å²) in [4.78, 5) is 36.4. The summed E-state index contributed by atoms with van der Waals surface area (Å²) >= 11 is 0. The highest BCUT2D eigenvalue weighted by Gasteiger charge is 2.35. The molecule has 0 aromatic carbocycles. The average Bonchev–Trinajstić information content (AvgIpc) is 3.17. The van der Waals surface area contributed by atoms with Crippen LogP contribution in [0.1, 0.15) is 138 Å². The van der Waals surface area contributed by atoms with E-state index in [0.29, 0.717) is 32.5 Å². The lowest BCUT2D eigenvalue weighted by atomic mass is 9.86. The van der Waals surface area contributed by atoms with Gasteiger partial charge in [0.15, 0.2) is 0 Å². The van der Waals surface area contributed by atoms with Crippen LogP contribution in [0.5, 0.6) is 0 Å². The largest absolute Gasteiger partial charge is 0.384 e. The molecule has 0 aromatic rings. The maximum Gasteiger partial charge on any atom is 0.249 e. The molecule has 0 aliphatic carbocycles. The first kappa shape index (κ1) is 56.8. The summed E-state index contributed by atoms with van der Waals surface area (Å²) < 4.78 is 10.5. The second kappa shape index (κ2) is 45.9. The quantitative estimate of drug-likeness (QED) is 0.0269. The van der Waals surface area contributed by atoms with Gasteiger partial charge in [0.1, 0.15) is 6.10 Å². The zero-order valence-electron chi connectivity index (χ0n) is 36.4. The molecule has 10 heteroatoms. The van der Waals surface area contributed by atoms with Gasteiger partial charge in [-0.1, -0.05) is 157 Å². The Morgan fingerprint density at radius 1 is 0.655 bits per heavy atom. The number of allylic oxidation sites excluding steroid dienone is 9. The van der Waals surface area contributed by atoms with Crippen molar-refractivity contribution >= 4 is 39.3 Å². The molecule has 0 radical (unpaired) electrons. The molecule has 318 valence electrons. The number of amides is 3. The van der Waals surface area contributed by atoms with E-state index in [9.17, 15) is 14.4 Å². The standard InChI is InChI=1S/C35H57N3O5S2.C8H18.C2H6/c1-6-7-8-9-10-11-12-13-14-15-16-17-18-19-20-21-22-23-31(39)36-26-28-44-45-29-27-37-32(40)24-25-38-34(41)33(43-5)35(2,3)30-42-4;1-3-5-7-8-6-4-2;1-2/h7-8,10-11,13-14,16-17,19,21,33H,6,9,12,15,18,22-30H2,1-5H3,(H,36,39)(H,37,40)(H,38,41);3-8H2,1-2H3;1-2H3/b8-7-,11-10-,14-13-,17-16-;;/t20?,33-;;/m0../s1. The zero-order valence-corrected chi connectivity index (χ0v) is 38.0. The fraction of sp³-hybridized carbons (Fsp3) is 0.689. The molecule has 0 saturated carbocycles. The first-order valence-electron chi connectivity index (χ1n) is 20.8. The second-order valence-corrected chi connectivity index (χ2v) is 15.9. The van der Waals surface area contributed by atoms with Crippen molar-refractivity contribution < 1.29 is 23.9 Å². The van der Waals surface area contributed by atoms with Crippen molar-refractivity contribution in [2.45, 2.75) is 144 Å². The van der Waals surface area contributed by atoms with Crippen molar-refractivity contribution in [2.75, 3.05) is 52.0 Å². The SMILES string of the molecule is CC.CC/C=C\C/C=C\C/C=C\C/C=C\CC=C=CCCC(=O)NCCSSCCNC(=O)CCNC(=O)[C@H](OC)C(C)(C)COC.CCCCCCCC. The van der Waals surface area contributed by atoms with Gasteiger partial charge in [0.25, 0.3) is 0 Å². The Labute approximate surface area is 346 Å². The average molecular weight is 808 g/mol. The Balaban J connectivity index is -0.00000238. The third kappa shape index (κ3) is 42.5. The van der Waals surface area contributed by atoms with Gasteiger partial charge in [-0.15, -0.1) is 5.73 Å². The van der Waals surface area contributed by atoms with Gasteiger partial charge in [0.2, 0.25) is 17.7 Å². The lowest BCUT2D eigenvalue weighted by molar-refractivity contribution is -0.140. The molecule has 0 saturated heterocycles. The van der Waals surface area contributed by atoms with Crippen LogP contribution in [0.25, 0.3) is 0 Å². The van der Waals surface area contributed by atoms with Crippen molar-refractivity contribution in [1.82, 2.24) is 16.0 Å². The van der Waals surface area contributed by atoms with E-state index in [4.69, 9.17) is 9.47 Å². The summed E-state index contributed by atoms with van der Waals surface area (Å²) in [6, 6.07) is 0. The number of unbranched alkanes of at least 4 members (excludes halogenated alkanes) is 5. The normalized spacial score (nSPS) is 11.8. The highest BCUT2D eigenvalue weighted by Crippen LogP contribution is 2.23. The van der Waals surface area contributed by atoms with Crippen LogP contribution in [0, 0.1) is 5.41 Å². The van der Waals surface area contributed by atoms with Crippen molar-refractivity contribution in [1.29, 1.82) is 0 Å². The van der Waals surface area contributed by atoms with Crippen LogP contribution in [0.2, 0.25) is 0 Å². The van der Waals surface area contributed by atoms with E-state index in [-0.39, 0.29) is 30.7 Å². The van der Waals surface area contributed by atoms with E-state index >= 15 is 0 Å². The molecule has 0 bridgehead atoms. The molecule has 0 aliphatic rings. The summed E-state index contributed by atoms with van der Waals surface area (Å²) in [5.74, 6) is 1.22. The first-order valence-corrected chi connectivity index (χ1v) is 23.2. The maximum absolute atomic E-state index is 12.4. The number of carbonyl (C=O) groups excluding carboxylic acids is 3. The Bertz CT molecular complexity index is 1080. The van der Waals surface area contributed by atoms with Gasteiger partial charge >= 0.3 is 0 Å². The molecule has 0 fully saturated rings. The summed E-state index contributed by atoms with van der Waals surface area (Å²) in [6.07, 6.45) is 35.3. The van der Waals surface area contributed by atoms with Gasteiger partial charge in [-0.2, -0.15) is 0 Å². The number of nitrogens with one attached hydrogen (secondary N) is 3. The number of hydrogen-bond donors (Lipinski definition) is 3. The molecule has 1 atom stereocenters. The molecule has 3 amide bonds. The molecule has 55 heavy (non-hydrogen) atoms. The molecular weight excluding hydrogens is 727 g/mol. The Morgan fingerprint density at radius 2 is 1.15 bits per heavy atom. The highest BCUT2D eigenvalue weighted by molar-refractivity contribution is 8.76. The Morgan fingerprint density at radius 3 is 1.62 bits per heavy atom. The van der Waals surface area contributed by atoms with E-state index in [1.165, 1.54) is 45.6 Å². The lowest BCUT2D eigenvalue weighted by Gasteiger charge is -2.31. The number of methoxy groups -OCH3 is 2. The van der Waals surface area contributed by atoms with Crippen molar-refractivity contribution in [3.63, 3.8) is 0 Å². The third-order valence-electron chi connectivity index (χ3n) is 7.63. The van der Waals surface area contributed by atoms with Crippen LogP contribution in [0.3, 0.4) is 0 Å². The molecule has 0 heterocycles. The van der Waals surface area contributed by atoms with Crippen molar-refractivity contribution in [2.24, 2.45) is 5.41 Å². The zero-order chi connectivity index (χ0) is 41.7. The number of ether oxygens (including phenoxy) is 2. The summed E-state index contributed by atoms with van der Waals surface area (Å²) in [5.41, 5.74) is 2.65. The molecule has 0 aromatic heterocycles. The van der Waals surface area contributed by atoms with E-state index in [2.05, 4.69) is 91.1 Å². The van der Waals surface area contributed by atoms with Crippen LogP contribution < -0.4 is 16.0 Å². The number of rotatable bonds is 32. The molecule has 8 nitrogen and oxygen atoms in total. The molecule has 0 aliphatic heterocycles. The highest BCUT2D eigenvalue weighted by atomic mass is 33.1. The Hall–Kier alpha value is -2.49. The van der Waals surface area contributed by atoms with Crippen LogP contribution in [0.4, 0.5) is 0 Å². The maximum atomic E-state index is 12.4. The van der Waals surface area contributed by atoms with Crippen LogP contribution in [-0.2, 0) is 23.9 Å². The predicted octanol–water partition coefficient (Wildman–Crippen LogP) is 10.9. The first-order chi connectivity index (χ1) is 26.7. The monoisotopic (exact) mass is 808 g/mol. The number of hydrogen-bond acceptors (Lipinski definition) is 7. The summed E-state index contributed by atoms with van der Waals surface area (Å²) in [7, 11) is 6.38. The van der Waals surface area contributed by atoms with Gasteiger partial charge in [0, 0.05) is 63.6 Å². The van der Waals surface area contributed by atoms with E-state index in [1.807, 2.05) is 39.8 Å². The second-order valence-electron chi connectivity index (χ2n) is 13.2. The Kier molecular flexibility index (Phi) is 47.4. The predicted molar refractivity (Wildman–Crippen MR) is 243 cm³/mol. The van der Waals surface area contributed by atoms with Gasteiger partial charge in [0.05, 0.1) is 6.61 Å². The molecule has 0 unspecified atom stereocenters. The van der Waals surface area contributed by atoms with Crippen LogP contribution in [0.15, 0.2) is 66.5 Å². The van der Waals surface area contributed by atoms with Crippen molar-refractivity contribution in [3.05, 3.63) is 66.5 Å². The molecular formula is C45H81N3O5S2. The minimum Gasteiger partial charge on any atom is -0.384 e. The van der Waals surface area contributed by atoms with Gasteiger partial charge in [-0.25, -0.2) is 0 Å². The third-order valence-corrected chi connectivity index (χ3v) is 10.0. The minimum atomic E-state index is -0.662. The minimum absolute atomic E-state index is 0.0380. The van der Waals surface area contributed by atoms with E-state index in [0.717, 1.165) is 43.6 Å². The van der Waals surface area contributed by atoms with Gasteiger partial charge in [-0.05, 0) is 50.7 Å². The van der Waals surface area contributed by atoms with Gasteiger partial charge in [-0.3, -0.25) is 14.4 Å². The summed E-state index contributed by atoms with van der Waals surface area (Å²) in [5, 5.41) is 8.55. The van der Waals surface area contributed by atoms with E-state index in [1.54, 1.807) is 28.7 Å². The van der Waals surface area contributed by atoms with Gasteiger partial charge < -0.3 is 25.4 Å². The molecule has 0 rings (SSSR count).